The molecule has 0 aliphatic carbocycles. The second-order valence-electron chi connectivity index (χ2n) is 3.11. The Labute approximate surface area is 91.1 Å². The molecule has 0 atom stereocenters. The van der Waals surface area contributed by atoms with Crippen LogP contribution in [0.4, 0.5) is 20.4 Å². The van der Waals surface area contributed by atoms with Gasteiger partial charge in [-0.2, -0.15) is 0 Å². The number of aliphatic hydroxyl groups is 2. The van der Waals surface area contributed by atoms with Crippen LogP contribution in [0.3, 0.4) is 0 Å². The molecule has 0 spiro atoms. The maximum atomic E-state index is 13.2. The van der Waals surface area contributed by atoms with Gasteiger partial charge >= 0.3 is 0 Å². The van der Waals surface area contributed by atoms with E-state index in [1.165, 1.54) is 7.05 Å². The maximum absolute atomic E-state index is 13.2. The number of nitrogens with one attached hydrogen (secondary N) is 2. The van der Waals surface area contributed by atoms with Crippen molar-refractivity contribution in [3.05, 3.63) is 17.7 Å². The average Bonchev–Trinajstić information content (AvgIpc) is 2.28. The van der Waals surface area contributed by atoms with E-state index in [-0.39, 0.29) is 24.8 Å². The van der Waals surface area contributed by atoms with Crippen LogP contribution in [0, 0.1) is 11.6 Å². The molecular weight excluding hydrogens is 220 g/mol. The number of aromatic nitrogens is 1. The lowest BCUT2D eigenvalue weighted by Gasteiger charge is -2.15. The van der Waals surface area contributed by atoms with Gasteiger partial charge in [0.2, 0.25) is 0 Å². The van der Waals surface area contributed by atoms with Crippen molar-refractivity contribution >= 4 is 11.6 Å². The molecule has 0 saturated carbocycles. The smallest absolute Gasteiger partial charge is 0.168 e. The van der Waals surface area contributed by atoms with Crippen LogP contribution in [0.25, 0.3) is 0 Å². The normalized spacial score (nSPS) is 10.6. The molecule has 4 N–H and O–H groups in total. The minimum Gasteiger partial charge on any atom is -0.394 e. The highest BCUT2D eigenvalue weighted by Gasteiger charge is 2.14. The number of rotatable bonds is 5. The first kappa shape index (κ1) is 12.6. The number of pyridine rings is 1. The Morgan fingerprint density at radius 3 is 2.31 bits per heavy atom. The highest BCUT2D eigenvalue weighted by molar-refractivity contribution is 5.47. The van der Waals surface area contributed by atoms with Gasteiger partial charge in [0.1, 0.15) is 0 Å². The van der Waals surface area contributed by atoms with Gasteiger partial charge in [0.25, 0.3) is 0 Å². The van der Waals surface area contributed by atoms with Crippen molar-refractivity contribution in [2.24, 2.45) is 0 Å². The Morgan fingerprint density at radius 2 is 1.81 bits per heavy atom. The average molecular weight is 233 g/mol. The summed E-state index contributed by atoms with van der Waals surface area (Å²) in [5, 5.41) is 22.5. The molecule has 0 aromatic carbocycles. The van der Waals surface area contributed by atoms with Crippen molar-refractivity contribution in [2.75, 3.05) is 30.9 Å². The first-order chi connectivity index (χ1) is 7.62. The number of halogens is 2. The van der Waals surface area contributed by atoms with Gasteiger partial charge < -0.3 is 20.8 Å². The van der Waals surface area contributed by atoms with Crippen LogP contribution >= 0.6 is 0 Å². The van der Waals surface area contributed by atoms with E-state index in [1.54, 1.807) is 0 Å². The van der Waals surface area contributed by atoms with Gasteiger partial charge in [-0.05, 0) is 0 Å². The fourth-order valence-electron chi connectivity index (χ4n) is 1.09. The summed E-state index contributed by atoms with van der Waals surface area (Å²) in [4.78, 5) is 3.63. The molecule has 0 aliphatic rings. The highest BCUT2D eigenvalue weighted by Crippen LogP contribution is 2.18. The molecule has 0 aliphatic heterocycles. The lowest BCUT2D eigenvalue weighted by molar-refractivity contribution is 0.203. The standard InChI is InChI=1S/C9H13F2N3O2/c1-12-8-6(10)2-7(11)9(14-8)13-5(3-15)4-16/h2,5,15-16H,3-4H2,1H3,(H2,12,13,14). The van der Waals surface area contributed by atoms with Crippen molar-refractivity contribution in [3.8, 4) is 0 Å². The van der Waals surface area contributed by atoms with E-state index < -0.39 is 17.7 Å². The van der Waals surface area contributed by atoms with Gasteiger partial charge in [0, 0.05) is 13.1 Å². The molecule has 16 heavy (non-hydrogen) atoms. The van der Waals surface area contributed by atoms with E-state index in [2.05, 4.69) is 15.6 Å². The van der Waals surface area contributed by atoms with E-state index in [9.17, 15) is 8.78 Å². The van der Waals surface area contributed by atoms with Crippen molar-refractivity contribution < 1.29 is 19.0 Å². The van der Waals surface area contributed by atoms with Gasteiger partial charge in [-0.25, -0.2) is 13.8 Å². The Hall–Kier alpha value is -1.47. The Morgan fingerprint density at radius 1 is 1.25 bits per heavy atom. The summed E-state index contributed by atoms with van der Waals surface area (Å²) in [6.45, 7) is -0.770. The third-order valence-corrected chi connectivity index (χ3v) is 1.95. The molecule has 1 rings (SSSR count). The van der Waals surface area contributed by atoms with Gasteiger partial charge in [0.05, 0.1) is 19.3 Å². The van der Waals surface area contributed by atoms with E-state index >= 15 is 0 Å². The van der Waals surface area contributed by atoms with Crippen molar-refractivity contribution in [3.63, 3.8) is 0 Å². The third-order valence-electron chi connectivity index (χ3n) is 1.95. The Balaban J connectivity index is 2.95. The van der Waals surface area contributed by atoms with Gasteiger partial charge in [-0.1, -0.05) is 0 Å². The number of hydrogen-bond donors (Lipinski definition) is 4. The van der Waals surface area contributed by atoms with Crippen molar-refractivity contribution in [1.29, 1.82) is 0 Å². The van der Waals surface area contributed by atoms with Crippen LogP contribution in [-0.4, -0.2) is 41.5 Å². The van der Waals surface area contributed by atoms with Gasteiger partial charge in [-0.15, -0.1) is 0 Å². The van der Waals surface area contributed by atoms with E-state index in [0.717, 1.165) is 0 Å². The van der Waals surface area contributed by atoms with Crippen molar-refractivity contribution in [1.82, 2.24) is 4.98 Å². The SMILES string of the molecule is CNc1nc(NC(CO)CO)c(F)cc1F. The van der Waals surface area contributed by atoms with Crippen molar-refractivity contribution in [2.45, 2.75) is 6.04 Å². The number of hydrogen-bond acceptors (Lipinski definition) is 5. The number of aliphatic hydroxyl groups excluding tert-OH is 2. The molecule has 7 heteroatoms. The molecule has 0 bridgehead atoms. The number of anilines is 2. The van der Waals surface area contributed by atoms with E-state index in [1.807, 2.05) is 0 Å². The molecule has 0 amide bonds. The predicted octanol–water partition coefficient (Wildman–Crippen LogP) is 0.167. The zero-order chi connectivity index (χ0) is 12.1. The molecule has 90 valence electrons. The summed E-state index contributed by atoms with van der Waals surface area (Å²) in [5.74, 6) is -2.03. The van der Waals surface area contributed by atoms with E-state index in [4.69, 9.17) is 10.2 Å². The summed E-state index contributed by atoms with van der Waals surface area (Å²) in [7, 11) is 1.45. The minimum atomic E-state index is -0.886. The quantitative estimate of drug-likeness (QED) is 0.583. The third kappa shape index (κ3) is 2.77. The van der Waals surface area contributed by atoms with Crippen LogP contribution in [-0.2, 0) is 0 Å². The lowest BCUT2D eigenvalue weighted by Crippen LogP contribution is -2.28. The second-order valence-corrected chi connectivity index (χ2v) is 3.11. The maximum Gasteiger partial charge on any atom is 0.168 e. The predicted molar refractivity (Wildman–Crippen MR) is 55.3 cm³/mol. The molecular formula is C9H13F2N3O2. The first-order valence-corrected chi connectivity index (χ1v) is 4.64. The zero-order valence-electron chi connectivity index (χ0n) is 8.67. The zero-order valence-corrected chi connectivity index (χ0v) is 8.67. The fraction of sp³-hybridized carbons (Fsp3) is 0.444. The molecule has 0 fully saturated rings. The lowest BCUT2D eigenvalue weighted by atomic mass is 10.3. The molecule has 0 saturated heterocycles. The summed E-state index contributed by atoms with van der Waals surface area (Å²) in [5.41, 5.74) is 0. The van der Waals surface area contributed by atoms with Crippen LogP contribution < -0.4 is 10.6 Å². The van der Waals surface area contributed by atoms with Crippen LogP contribution in [0.5, 0.6) is 0 Å². The Kier molecular flexibility index (Phi) is 4.39. The summed E-state index contributed by atoms with van der Waals surface area (Å²) >= 11 is 0. The molecule has 0 unspecified atom stereocenters. The number of nitrogens with zero attached hydrogens (tertiary/aromatic N) is 1. The monoisotopic (exact) mass is 233 g/mol. The van der Waals surface area contributed by atoms with Gasteiger partial charge in [0.15, 0.2) is 23.3 Å². The molecule has 0 radical (unpaired) electrons. The fourth-order valence-corrected chi connectivity index (χ4v) is 1.09. The minimum absolute atomic E-state index is 0.112. The summed E-state index contributed by atoms with van der Waals surface area (Å²) in [6, 6.07) is -0.0651. The van der Waals surface area contributed by atoms with Crippen LogP contribution in [0.2, 0.25) is 0 Å². The second kappa shape index (κ2) is 5.57. The van der Waals surface area contributed by atoms with E-state index in [0.29, 0.717) is 6.07 Å². The molecule has 1 aromatic heterocycles. The molecule has 1 heterocycles. The van der Waals surface area contributed by atoms with Crippen LogP contribution in [0.15, 0.2) is 6.07 Å². The first-order valence-electron chi connectivity index (χ1n) is 4.64. The summed E-state index contributed by atoms with van der Waals surface area (Å²) in [6.07, 6.45) is 0. The topological polar surface area (TPSA) is 77.4 Å². The molecule has 5 nitrogen and oxygen atoms in total. The Bertz CT molecular complexity index is 359. The molecule has 1 aromatic rings. The van der Waals surface area contributed by atoms with Gasteiger partial charge in [-0.3, -0.25) is 0 Å². The van der Waals surface area contributed by atoms with Crippen LogP contribution in [0.1, 0.15) is 0 Å². The highest BCUT2D eigenvalue weighted by atomic mass is 19.1. The summed E-state index contributed by atoms with van der Waals surface area (Å²) < 4.78 is 26.3. The largest absolute Gasteiger partial charge is 0.394 e.